The Balaban J connectivity index is 3.00. The lowest BCUT2D eigenvalue weighted by molar-refractivity contribution is -0.131. The van der Waals surface area contributed by atoms with Crippen LogP contribution in [0.2, 0.25) is 0 Å². The molecule has 0 aromatic heterocycles. The van der Waals surface area contributed by atoms with Crippen molar-refractivity contribution in [1.82, 2.24) is 4.31 Å². The maximum atomic E-state index is 12.3. The molecule has 20 heavy (non-hydrogen) atoms. The SMILES string of the molecule is CCCN(CC)S(=O)(=O)c1ccc(/C=C/C(=O)O)cc1. The van der Waals surface area contributed by atoms with Crippen molar-refractivity contribution in [2.45, 2.75) is 25.2 Å². The summed E-state index contributed by atoms with van der Waals surface area (Å²) in [6.45, 7) is 4.64. The highest BCUT2D eigenvalue weighted by Crippen LogP contribution is 2.17. The van der Waals surface area contributed by atoms with E-state index in [1.807, 2.05) is 6.92 Å². The fourth-order valence-corrected chi connectivity index (χ4v) is 3.31. The third-order valence-electron chi connectivity index (χ3n) is 2.76. The Kier molecular flexibility index (Phi) is 5.91. The van der Waals surface area contributed by atoms with Crippen LogP contribution >= 0.6 is 0 Å². The topological polar surface area (TPSA) is 74.7 Å². The van der Waals surface area contributed by atoms with Gasteiger partial charge in [-0.15, -0.1) is 0 Å². The summed E-state index contributed by atoms with van der Waals surface area (Å²) in [7, 11) is -3.47. The molecule has 1 rings (SSSR count). The molecule has 0 saturated heterocycles. The molecule has 1 aromatic rings. The number of aliphatic carboxylic acids is 1. The van der Waals surface area contributed by atoms with Gasteiger partial charge >= 0.3 is 5.97 Å². The Hall–Kier alpha value is -1.66. The molecule has 0 aliphatic rings. The summed E-state index contributed by atoms with van der Waals surface area (Å²) in [5, 5.41) is 8.53. The molecular formula is C14H19NO4S. The van der Waals surface area contributed by atoms with E-state index >= 15 is 0 Å². The van der Waals surface area contributed by atoms with Gasteiger partial charge in [0.05, 0.1) is 4.90 Å². The minimum absolute atomic E-state index is 0.222. The van der Waals surface area contributed by atoms with Crippen LogP contribution in [0.1, 0.15) is 25.8 Å². The predicted molar refractivity (Wildman–Crippen MR) is 77.8 cm³/mol. The number of hydrogen-bond donors (Lipinski definition) is 1. The first kappa shape index (κ1) is 16.4. The fraction of sp³-hybridized carbons (Fsp3) is 0.357. The number of nitrogens with zero attached hydrogens (tertiary/aromatic N) is 1. The van der Waals surface area contributed by atoms with Crippen LogP contribution in [0.15, 0.2) is 35.2 Å². The van der Waals surface area contributed by atoms with Crippen molar-refractivity contribution < 1.29 is 18.3 Å². The molecule has 0 unspecified atom stereocenters. The average Bonchev–Trinajstić information content (AvgIpc) is 2.42. The average molecular weight is 297 g/mol. The smallest absolute Gasteiger partial charge is 0.328 e. The van der Waals surface area contributed by atoms with E-state index in [2.05, 4.69) is 0 Å². The normalized spacial score (nSPS) is 12.2. The van der Waals surface area contributed by atoms with Crippen LogP contribution in [-0.2, 0) is 14.8 Å². The van der Waals surface area contributed by atoms with Gasteiger partial charge in [0.25, 0.3) is 0 Å². The Morgan fingerprint density at radius 2 is 1.85 bits per heavy atom. The van der Waals surface area contributed by atoms with Gasteiger partial charge in [-0.3, -0.25) is 0 Å². The minimum Gasteiger partial charge on any atom is -0.478 e. The number of hydrogen-bond acceptors (Lipinski definition) is 3. The van der Waals surface area contributed by atoms with E-state index in [4.69, 9.17) is 5.11 Å². The van der Waals surface area contributed by atoms with E-state index in [9.17, 15) is 13.2 Å². The highest BCUT2D eigenvalue weighted by Gasteiger charge is 2.21. The lowest BCUT2D eigenvalue weighted by Gasteiger charge is -2.19. The van der Waals surface area contributed by atoms with Crippen LogP contribution in [0.5, 0.6) is 0 Å². The lowest BCUT2D eigenvalue weighted by Crippen LogP contribution is -2.31. The molecule has 0 aliphatic carbocycles. The van der Waals surface area contributed by atoms with Crippen LogP contribution in [0.3, 0.4) is 0 Å². The summed E-state index contributed by atoms with van der Waals surface area (Å²) in [6, 6.07) is 6.17. The summed E-state index contributed by atoms with van der Waals surface area (Å²) in [6.07, 6.45) is 3.19. The first-order chi connectivity index (χ1) is 9.41. The van der Waals surface area contributed by atoms with Crippen LogP contribution in [0.4, 0.5) is 0 Å². The first-order valence-electron chi connectivity index (χ1n) is 6.43. The second-order valence-electron chi connectivity index (χ2n) is 4.24. The summed E-state index contributed by atoms with van der Waals surface area (Å²) in [5.74, 6) is -1.04. The molecule has 0 fully saturated rings. The van der Waals surface area contributed by atoms with Crippen molar-refractivity contribution >= 4 is 22.1 Å². The molecule has 0 saturated carbocycles. The van der Waals surface area contributed by atoms with Gasteiger partial charge in [-0.05, 0) is 30.2 Å². The molecule has 0 atom stereocenters. The van der Waals surface area contributed by atoms with Crippen LogP contribution in [0, 0.1) is 0 Å². The second-order valence-corrected chi connectivity index (χ2v) is 6.18. The largest absolute Gasteiger partial charge is 0.478 e. The molecule has 5 nitrogen and oxygen atoms in total. The number of carboxylic acids is 1. The minimum atomic E-state index is -3.47. The van der Waals surface area contributed by atoms with Gasteiger partial charge in [-0.2, -0.15) is 4.31 Å². The molecule has 1 N–H and O–H groups in total. The van der Waals surface area contributed by atoms with E-state index in [0.29, 0.717) is 18.7 Å². The van der Waals surface area contributed by atoms with Crippen LogP contribution in [-0.4, -0.2) is 36.9 Å². The molecule has 0 spiro atoms. The van der Waals surface area contributed by atoms with Gasteiger partial charge in [0, 0.05) is 19.2 Å². The third-order valence-corrected chi connectivity index (χ3v) is 4.75. The number of carbonyl (C=O) groups is 1. The molecule has 0 radical (unpaired) electrons. The van der Waals surface area contributed by atoms with Gasteiger partial charge in [-0.25, -0.2) is 13.2 Å². The highest BCUT2D eigenvalue weighted by atomic mass is 32.2. The third kappa shape index (κ3) is 4.18. The zero-order valence-electron chi connectivity index (χ0n) is 11.6. The zero-order chi connectivity index (χ0) is 15.2. The molecule has 1 aromatic carbocycles. The number of sulfonamides is 1. The number of carboxylic acid groups (broad SMARTS) is 1. The van der Waals surface area contributed by atoms with E-state index in [1.54, 1.807) is 19.1 Å². The fourth-order valence-electron chi connectivity index (χ4n) is 1.77. The van der Waals surface area contributed by atoms with Gasteiger partial charge in [-0.1, -0.05) is 26.0 Å². The molecule has 110 valence electrons. The lowest BCUT2D eigenvalue weighted by atomic mass is 10.2. The summed E-state index contributed by atoms with van der Waals surface area (Å²) in [5.41, 5.74) is 0.643. The Morgan fingerprint density at radius 3 is 2.30 bits per heavy atom. The van der Waals surface area contributed by atoms with E-state index in [0.717, 1.165) is 12.5 Å². The Bertz CT molecular complexity index is 576. The van der Waals surface area contributed by atoms with Gasteiger partial charge in [0.15, 0.2) is 0 Å². The highest BCUT2D eigenvalue weighted by molar-refractivity contribution is 7.89. The van der Waals surface area contributed by atoms with Crippen LogP contribution in [0.25, 0.3) is 6.08 Å². The van der Waals surface area contributed by atoms with Crippen LogP contribution < -0.4 is 0 Å². The monoisotopic (exact) mass is 297 g/mol. The molecule has 0 heterocycles. The second kappa shape index (κ2) is 7.21. The summed E-state index contributed by atoms with van der Waals surface area (Å²) < 4.78 is 26.1. The molecule has 6 heteroatoms. The van der Waals surface area contributed by atoms with E-state index in [-0.39, 0.29) is 4.90 Å². The van der Waals surface area contributed by atoms with Crippen molar-refractivity contribution in [2.75, 3.05) is 13.1 Å². The van der Waals surface area contributed by atoms with E-state index < -0.39 is 16.0 Å². The molecule has 0 amide bonds. The maximum Gasteiger partial charge on any atom is 0.328 e. The standard InChI is InChI=1S/C14H19NO4S/c1-3-11-15(4-2)20(18,19)13-8-5-12(6-9-13)7-10-14(16)17/h5-10H,3-4,11H2,1-2H3,(H,16,17)/b10-7+. The number of benzene rings is 1. The summed E-state index contributed by atoms with van der Waals surface area (Å²) >= 11 is 0. The van der Waals surface area contributed by atoms with Crippen molar-refractivity contribution in [2.24, 2.45) is 0 Å². The van der Waals surface area contributed by atoms with Crippen molar-refractivity contribution in [3.05, 3.63) is 35.9 Å². The first-order valence-corrected chi connectivity index (χ1v) is 7.87. The van der Waals surface area contributed by atoms with Gasteiger partial charge in [0.1, 0.15) is 0 Å². The zero-order valence-corrected chi connectivity index (χ0v) is 12.4. The predicted octanol–water partition coefficient (Wildman–Crippen LogP) is 2.21. The maximum absolute atomic E-state index is 12.3. The van der Waals surface area contributed by atoms with E-state index in [1.165, 1.54) is 22.5 Å². The van der Waals surface area contributed by atoms with Crippen molar-refractivity contribution in [3.8, 4) is 0 Å². The molecular weight excluding hydrogens is 278 g/mol. The van der Waals surface area contributed by atoms with Crippen molar-refractivity contribution in [3.63, 3.8) is 0 Å². The number of rotatable bonds is 7. The molecule has 0 aliphatic heterocycles. The Morgan fingerprint density at radius 1 is 1.25 bits per heavy atom. The van der Waals surface area contributed by atoms with Crippen molar-refractivity contribution in [1.29, 1.82) is 0 Å². The summed E-state index contributed by atoms with van der Waals surface area (Å²) in [4.78, 5) is 10.6. The van der Waals surface area contributed by atoms with Gasteiger partial charge in [0.2, 0.25) is 10.0 Å². The quantitative estimate of drug-likeness (QED) is 0.783. The Labute approximate surface area is 119 Å². The van der Waals surface area contributed by atoms with Gasteiger partial charge < -0.3 is 5.11 Å². The molecule has 0 bridgehead atoms.